The van der Waals surface area contributed by atoms with Crippen LogP contribution in [0.3, 0.4) is 0 Å². The van der Waals surface area contributed by atoms with Gasteiger partial charge in [0, 0.05) is 16.9 Å². The first kappa shape index (κ1) is 17.0. The molecule has 0 aliphatic heterocycles. The van der Waals surface area contributed by atoms with Crippen LogP contribution in [0.25, 0.3) is 0 Å². The summed E-state index contributed by atoms with van der Waals surface area (Å²) in [5.74, 6) is -0.0893. The van der Waals surface area contributed by atoms with E-state index in [2.05, 4.69) is 20.6 Å². The van der Waals surface area contributed by atoms with Crippen molar-refractivity contribution in [3.05, 3.63) is 70.3 Å². The van der Waals surface area contributed by atoms with Crippen molar-refractivity contribution in [2.24, 2.45) is 0 Å². The van der Waals surface area contributed by atoms with E-state index in [0.29, 0.717) is 33.2 Å². The fourth-order valence-electron chi connectivity index (χ4n) is 2.05. The highest BCUT2D eigenvalue weighted by Gasteiger charge is 2.06. The lowest BCUT2D eigenvalue weighted by Crippen LogP contribution is -2.01. The van der Waals surface area contributed by atoms with Crippen molar-refractivity contribution in [3.63, 3.8) is 0 Å². The van der Waals surface area contributed by atoms with E-state index in [9.17, 15) is 4.79 Å². The number of aromatic nitrogens is 2. The van der Waals surface area contributed by atoms with Crippen LogP contribution in [0.2, 0.25) is 10.0 Å². The van der Waals surface area contributed by atoms with Crippen molar-refractivity contribution >= 4 is 52.3 Å². The third kappa shape index (κ3) is 4.37. The Morgan fingerprint density at radius 3 is 2.48 bits per heavy atom. The van der Waals surface area contributed by atoms with Gasteiger partial charge in [-0.3, -0.25) is 0 Å². The van der Waals surface area contributed by atoms with Crippen LogP contribution in [0.4, 0.5) is 23.1 Å². The standard InChI is InChI=1S/C17H12Cl2N4O2/c18-11-3-6-13(19)14(9-11)22-17-20-8-7-15(23-17)21-12-4-1-10(2-5-12)16(24)25/h1-9H,(H,24,25)(H2,20,21,22,23). The van der Waals surface area contributed by atoms with E-state index in [1.165, 1.54) is 12.1 Å². The number of carbonyl (C=O) groups is 1. The molecule has 3 N–H and O–H groups in total. The van der Waals surface area contributed by atoms with Gasteiger partial charge in [-0.05, 0) is 48.5 Å². The second kappa shape index (κ2) is 7.38. The third-order valence-corrected chi connectivity index (χ3v) is 3.80. The van der Waals surface area contributed by atoms with Gasteiger partial charge >= 0.3 is 5.97 Å². The molecule has 1 heterocycles. The Balaban J connectivity index is 1.77. The third-order valence-electron chi connectivity index (χ3n) is 3.23. The largest absolute Gasteiger partial charge is 0.478 e. The number of aromatic carboxylic acids is 1. The van der Waals surface area contributed by atoms with Crippen molar-refractivity contribution in [1.29, 1.82) is 0 Å². The summed E-state index contributed by atoms with van der Waals surface area (Å²) in [4.78, 5) is 19.4. The molecular weight excluding hydrogens is 363 g/mol. The second-order valence-electron chi connectivity index (χ2n) is 5.02. The Bertz CT molecular complexity index is 917. The summed E-state index contributed by atoms with van der Waals surface area (Å²) in [5, 5.41) is 16.0. The smallest absolute Gasteiger partial charge is 0.335 e. The minimum Gasteiger partial charge on any atom is -0.478 e. The fourth-order valence-corrected chi connectivity index (χ4v) is 2.38. The van der Waals surface area contributed by atoms with Gasteiger partial charge in [0.15, 0.2) is 0 Å². The van der Waals surface area contributed by atoms with Crippen molar-refractivity contribution in [2.45, 2.75) is 0 Å². The van der Waals surface area contributed by atoms with Gasteiger partial charge in [-0.15, -0.1) is 0 Å². The molecule has 0 amide bonds. The van der Waals surface area contributed by atoms with Gasteiger partial charge in [-0.25, -0.2) is 9.78 Å². The van der Waals surface area contributed by atoms with E-state index in [1.54, 1.807) is 42.6 Å². The van der Waals surface area contributed by atoms with Gasteiger partial charge in [0.05, 0.1) is 16.3 Å². The number of hydrogen-bond acceptors (Lipinski definition) is 5. The highest BCUT2D eigenvalue weighted by Crippen LogP contribution is 2.27. The number of halogens is 2. The van der Waals surface area contributed by atoms with Crippen molar-refractivity contribution < 1.29 is 9.90 Å². The summed E-state index contributed by atoms with van der Waals surface area (Å²) in [6.07, 6.45) is 1.59. The van der Waals surface area contributed by atoms with E-state index >= 15 is 0 Å². The molecule has 3 aromatic rings. The molecule has 0 atom stereocenters. The van der Waals surface area contributed by atoms with Crippen molar-refractivity contribution in [2.75, 3.05) is 10.6 Å². The quantitative estimate of drug-likeness (QED) is 0.584. The predicted molar refractivity (Wildman–Crippen MR) is 98.5 cm³/mol. The highest BCUT2D eigenvalue weighted by atomic mass is 35.5. The normalized spacial score (nSPS) is 10.3. The lowest BCUT2D eigenvalue weighted by Gasteiger charge is -2.10. The van der Waals surface area contributed by atoms with Crippen LogP contribution in [0.5, 0.6) is 0 Å². The topological polar surface area (TPSA) is 87.1 Å². The SMILES string of the molecule is O=C(O)c1ccc(Nc2ccnc(Nc3cc(Cl)ccc3Cl)n2)cc1. The molecule has 8 heteroatoms. The van der Waals surface area contributed by atoms with E-state index < -0.39 is 5.97 Å². The van der Waals surface area contributed by atoms with Gasteiger partial charge in [0.1, 0.15) is 5.82 Å². The predicted octanol–water partition coefficient (Wildman–Crippen LogP) is 4.97. The summed E-state index contributed by atoms with van der Waals surface area (Å²) in [6, 6.07) is 13.1. The lowest BCUT2D eigenvalue weighted by atomic mass is 10.2. The monoisotopic (exact) mass is 374 g/mol. The van der Waals surface area contributed by atoms with Crippen LogP contribution in [0.1, 0.15) is 10.4 Å². The van der Waals surface area contributed by atoms with E-state index in [1.807, 2.05) is 0 Å². The molecule has 0 saturated carbocycles. The number of carboxylic acids is 1. The van der Waals surface area contributed by atoms with Gasteiger partial charge < -0.3 is 15.7 Å². The van der Waals surface area contributed by atoms with Crippen molar-refractivity contribution in [1.82, 2.24) is 9.97 Å². The first-order valence-corrected chi connectivity index (χ1v) is 7.92. The van der Waals surface area contributed by atoms with Gasteiger partial charge in [0.2, 0.25) is 5.95 Å². The Hall–Kier alpha value is -2.83. The molecule has 25 heavy (non-hydrogen) atoms. The molecule has 126 valence electrons. The number of rotatable bonds is 5. The highest BCUT2D eigenvalue weighted by molar-refractivity contribution is 6.35. The average molecular weight is 375 g/mol. The summed E-state index contributed by atoms with van der Waals surface area (Å²) in [7, 11) is 0. The molecule has 1 aromatic heterocycles. The Morgan fingerprint density at radius 2 is 1.76 bits per heavy atom. The summed E-state index contributed by atoms with van der Waals surface area (Å²) >= 11 is 12.1. The molecular formula is C17H12Cl2N4O2. The molecule has 0 radical (unpaired) electrons. The molecule has 0 aliphatic rings. The molecule has 2 aromatic carbocycles. The fraction of sp³-hybridized carbons (Fsp3) is 0. The summed E-state index contributed by atoms with van der Waals surface area (Å²) in [5.41, 5.74) is 1.51. The van der Waals surface area contributed by atoms with Crippen LogP contribution in [0.15, 0.2) is 54.7 Å². The molecule has 0 saturated heterocycles. The maximum atomic E-state index is 10.9. The number of anilines is 4. The number of benzene rings is 2. The Morgan fingerprint density at radius 1 is 1.00 bits per heavy atom. The zero-order valence-electron chi connectivity index (χ0n) is 12.7. The minimum atomic E-state index is -0.974. The molecule has 0 unspecified atom stereocenters. The van der Waals surface area contributed by atoms with E-state index in [0.717, 1.165) is 0 Å². The van der Waals surface area contributed by atoms with E-state index in [4.69, 9.17) is 28.3 Å². The minimum absolute atomic E-state index is 0.214. The maximum Gasteiger partial charge on any atom is 0.335 e. The van der Waals surface area contributed by atoms with Gasteiger partial charge in [-0.1, -0.05) is 23.2 Å². The number of hydrogen-bond donors (Lipinski definition) is 3. The van der Waals surface area contributed by atoms with Crippen LogP contribution in [-0.2, 0) is 0 Å². The molecule has 0 fully saturated rings. The van der Waals surface area contributed by atoms with Crippen LogP contribution >= 0.6 is 23.2 Å². The Labute approximate surface area is 153 Å². The number of nitrogens with zero attached hydrogens (tertiary/aromatic N) is 2. The average Bonchev–Trinajstić information content (AvgIpc) is 2.59. The molecule has 6 nitrogen and oxygen atoms in total. The number of nitrogens with one attached hydrogen (secondary N) is 2. The van der Waals surface area contributed by atoms with Crippen molar-refractivity contribution in [3.8, 4) is 0 Å². The summed E-state index contributed by atoms with van der Waals surface area (Å²) in [6.45, 7) is 0. The van der Waals surface area contributed by atoms with Crippen LogP contribution in [0, 0.1) is 0 Å². The molecule has 0 aliphatic carbocycles. The number of carboxylic acid groups (broad SMARTS) is 1. The van der Waals surface area contributed by atoms with Gasteiger partial charge in [-0.2, -0.15) is 4.98 Å². The zero-order chi connectivity index (χ0) is 17.8. The van der Waals surface area contributed by atoms with E-state index in [-0.39, 0.29) is 5.56 Å². The Kier molecular flexibility index (Phi) is 5.02. The first-order valence-electron chi connectivity index (χ1n) is 7.17. The van der Waals surface area contributed by atoms with Crippen LogP contribution < -0.4 is 10.6 Å². The second-order valence-corrected chi connectivity index (χ2v) is 5.87. The van der Waals surface area contributed by atoms with Crippen LogP contribution in [-0.4, -0.2) is 21.0 Å². The zero-order valence-corrected chi connectivity index (χ0v) is 14.2. The summed E-state index contributed by atoms with van der Waals surface area (Å²) < 4.78 is 0. The molecule has 0 spiro atoms. The van der Waals surface area contributed by atoms with Gasteiger partial charge in [0.25, 0.3) is 0 Å². The maximum absolute atomic E-state index is 10.9. The first-order chi connectivity index (χ1) is 12.0. The molecule has 0 bridgehead atoms. The lowest BCUT2D eigenvalue weighted by molar-refractivity contribution is 0.0697. The molecule has 3 rings (SSSR count).